The lowest BCUT2D eigenvalue weighted by Crippen LogP contribution is -2.64. The molecule has 0 N–H and O–H groups in total. The minimum Gasteiger partial charge on any atom is -0.374 e. The number of fused-ring (bicyclic) bond motifs is 5. The molecular weight excluding hydrogens is 927 g/mol. The van der Waals surface area contributed by atoms with E-state index in [2.05, 4.69) is 22.4 Å². The molecule has 380 valence electrons. The van der Waals surface area contributed by atoms with E-state index in [1.54, 1.807) is 11.8 Å². The second-order valence-corrected chi connectivity index (χ2v) is 18.4. The van der Waals surface area contributed by atoms with Crippen LogP contribution in [0, 0.1) is 0 Å². The van der Waals surface area contributed by atoms with E-state index in [0.29, 0.717) is 18.8 Å². The normalized spacial score (nSPS) is 25.5. The number of ether oxygens (including phenoxy) is 11. The van der Waals surface area contributed by atoms with Gasteiger partial charge in [-0.1, -0.05) is 181 Å². The van der Waals surface area contributed by atoms with Gasteiger partial charge in [0.1, 0.15) is 54.5 Å². The van der Waals surface area contributed by atoms with Crippen molar-refractivity contribution in [3.8, 4) is 0 Å². The van der Waals surface area contributed by atoms with Crippen LogP contribution in [0.3, 0.4) is 0 Å². The van der Waals surface area contributed by atoms with E-state index in [9.17, 15) is 0 Å². The summed E-state index contributed by atoms with van der Waals surface area (Å²) < 4.78 is 77.1. The predicted molar refractivity (Wildman–Crippen MR) is 269 cm³/mol. The number of hydrogen-bond donors (Lipinski definition) is 0. The van der Waals surface area contributed by atoms with Gasteiger partial charge in [0.2, 0.25) is 0 Å². The molecule has 6 aromatic carbocycles. The number of nitrogens with zero attached hydrogens (tertiary/aromatic N) is 3. The summed E-state index contributed by atoms with van der Waals surface area (Å²) in [5.74, 6) is 0. The Labute approximate surface area is 426 Å². The highest BCUT2D eigenvalue weighted by Crippen LogP contribution is 2.35. The van der Waals surface area contributed by atoms with Crippen LogP contribution in [0.2, 0.25) is 0 Å². The fourth-order valence-electron chi connectivity index (χ4n) is 9.48. The van der Waals surface area contributed by atoms with E-state index >= 15 is 0 Å². The van der Waals surface area contributed by atoms with Gasteiger partial charge in [0, 0.05) is 7.11 Å². The molecule has 1 aromatic heterocycles. The molecule has 0 aliphatic carbocycles. The Hall–Kier alpha value is -5.98. The largest absolute Gasteiger partial charge is 0.374 e. The predicted octanol–water partition coefficient (Wildman–Crippen LogP) is 8.78. The maximum atomic E-state index is 7.09. The molecule has 14 nitrogen and oxygen atoms in total. The van der Waals surface area contributed by atoms with Gasteiger partial charge in [-0.3, -0.25) is 0 Å². The van der Waals surface area contributed by atoms with Gasteiger partial charge in [-0.05, 0) is 38.9 Å². The van der Waals surface area contributed by atoms with Gasteiger partial charge in [0.05, 0.1) is 72.2 Å². The van der Waals surface area contributed by atoms with Crippen LogP contribution in [0.5, 0.6) is 0 Å². The highest BCUT2D eigenvalue weighted by atomic mass is 16.7. The third kappa shape index (κ3) is 13.6. The van der Waals surface area contributed by atoms with E-state index < -0.39 is 61.4 Å². The summed E-state index contributed by atoms with van der Waals surface area (Å²) >= 11 is 0. The smallest absolute Gasteiger partial charge is 0.187 e. The van der Waals surface area contributed by atoms with Gasteiger partial charge < -0.3 is 52.1 Å². The summed E-state index contributed by atoms with van der Waals surface area (Å²) in [5, 5.41) is 9.09. The third-order valence-corrected chi connectivity index (χ3v) is 13.3. The third-order valence-electron chi connectivity index (χ3n) is 13.3. The van der Waals surface area contributed by atoms with Crippen molar-refractivity contribution < 1.29 is 52.1 Å². The molecule has 73 heavy (non-hydrogen) atoms. The number of hydrogen-bond acceptors (Lipinski definition) is 13. The fourth-order valence-corrected chi connectivity index (χ4v) is 9.48. The zero-order chi connectivity index (χ0) is 49.4. The van der Waals surface area contributed by atoms with E-state index in [1.807, 2.05) is 170 Å². The van der Waals surface area contributed by atoms with Crippen LogP contribution in [0.25, 0.3) is 0 Å². The van der Waals surface area contributed by atoms with Crippen molar-refractivity contribution in [1.29, 1.82) is 0 Å². The Morgan fingerprint density at radius 1 is 0.493 bits per heavy atom. The summed E-state index contributed by atoms with van der Waals surface area (Å²) in [6.45, 7) is 2.35. The van der Waals surface area contributed by atoms with Crippen molar-refractivity contribution in [2.45, 2.75) is 114 Å². The van der Waals surface area contributed by atoms with Crippen molar-refractivity contribution in [3.63, 3.8) is 0 Å². The molecule has 4 heterocycles. The Morgan fingerprint density at radius 3 is 1.53 bits per heavy atom. The minimum atomic E-state index is -1.03. The fraction of sp³-hybridized carbons (Fsp3) is 0.356. The van der Waals surface area contributed by atoms with Gasteiger partial charge in [-0.15, -0.1) is 5.10 Å². The molecule has 7 aromatic rings. The van der Waals surface area contributed by atoms with Crippen molar-refractivity contribution >= 4 is 0 Å². The van der Waals surface area contributed by atoms with Crippen LogP contribution >= 0.6 is 0 Å². The maximum Gasteiger partial charge on any atom is 0.187 e. The van der Waals surface area contributed by atoms with Gasteiger partial charge in [0.15, 0.2) is 12.6 Å². The molecule has 0 radical (unpaired) electrons. The van der Waals surface area contributed by atoms with Crippen molar-refractivity contribution in [3.05, 3.63) is 227 Å². The van der Waals surface area contributed by atoms with E-state index in [0.717, 1.165) is 38.9 Å². The molecule has 3 aliphatic heterocycles. The van der Waals surface area contributed by atoms with Crippen LogP contribution in [0.1, 0.15) is 44.6 Å². The van der Waals surface area contributed by atoms with Crippen LogP contribution in [0.15, 0.2) is 182 Å². The first-order chi connectivity index (χ1) is 36.1. The van der Waals surface area contributed by atoms with E-state index in [1.165, 1.54) is 0 Å². The molecule has 0 spiro atoms. The number of rotatable bonds is 17. The molecule has 10 atom stereocenters. The Bertz CT molecular complexity index is 2690. The number of aromatic nitrogens is 3. The zero-order valence-electron chi connectivity index (χ0n) is 41.0. The summed E-state index contributed by atoms with van der Waals surface area (Å²) in [6.07, 6.45) is -5.88. The molecule has 2 bridgehead atoms. The second kappa shape index (κ2) is 25.8. The minimum absolute atomic E-state index is 0.0258. The van der Waals surface area contributed by atoms with E-state index in [-0.39, 0.29) is 52.9 Å². The monoisotopic (exact) mass is 989 g/mol. The Balaban J connectivity index is 1.02. The lowest BCUT2D eigenvalue weighted by atomic mass is 9.96. The molecule has 0 amide bonds. The number of benzene rings is 6. The summed E-state index contributed by atoms with van der Waals surface area (Å²) in [5.41, 5.74) is 7.58. The lowest BCUT2D eigenvalue weighted by Gasteiger charge is -2.48. The first-order valence-corrected chi connectivity index (χ1v) is 25.0. The molecule has 10 rings (SSSR count). The van der Waals surface area contributed by atoms with Crippen molar-refractivity contribution in [2.75, 3.05) is 20.3 Å². The van der Waals surface area contributed by atoms with Crippen LogP contribution in [0.4, 0.5) is 0 Å². The van der Waals surface area contributed by atoms with Crippen LogP contribution in [-0.2, 0) is 105 Å². The molecule has 14 heteroatoms. The molecule has 3 aliphatic rings. The summed E-state index contributed by atoms with van der Waals surface area (Å²) in [4.78, 5) is 0. The van der Waals surface area contributed by atoms with E-state index in [4.69, 9.17) is 52.1 Å². The highest BCUT2D eigenvalue weighted by Gasteiger charge is 2.52. The second-order valence-electron chi connectivity index (χ2n) is 18.4. The summed E-state index contributed by atoms with van der Waals surface area (Å²) in [7, 11) is 1.61. The highest BCUT2D eigenvalue weighted by molar-refractivity contribution is 5.27. The van der Waals surface area contributed by atoms with Gasteiger partial charge in [-0.2, -0.15) is 0 Å². The Kier molecular flexibility index (Phi) is 17.9. The maximum absolute atomic E-state index is 7.09. The Morgan fingerprint density at radius 2 is 0.973 bits per heavy atom. The van der Waals surface area contributed by atoms with Crippen molar-refractivity contribution in [1.82, 2.24) is 15.0 Å². The van der Waals surface area contributed by atoms with Crippen molar-refractivity contribution in [2.24, 2.45) is 0 Å². The van der Waals surface area contributed by atoms with Gasteiger partial charge in [0.25, 0.3) is 0 Å². The van der Waals surface area contributed by atoms with Crippen LogP contribution < -0.4 is 0 Å². The number of methoxy groups -OCH3 is 1. The molecule has 0 saturated carbocycles. The first-order valence-electron chi connectivity index (χ1n) is 25.0. The SMILES string of the molecule is CO[C@H]1O[C@@H]2CO[C@H]3O[C@H](COCc4ccccc4)[C@@H](OCc4ccccc4)[C@H](OCc4ccccc4)[C@H]3OCc3cn(nn3)Cc3ccccc3CO[C@H]2[C@H](OCc2ccccc2)[C@H]1OCc1ccccc1. The first kappa shape index (κ1) is 50.5. The van der Waals surface area contributed by atoms with Gasteiger partial charge in [-0.25, -0.2) is 4.68 Å². The lowest BCUT2D eigenvalue weighted by molar-refractivity contribution is -0.351. The summed E-state index contributed by atoms with van der Waals surface area (Å²) in [6, 6.07) is 58.3. The molecule has 2 fully saturated rings. The average molecular weight is 990 g/mol. The molecule has 0 unspecified atom stereocenters. The molecule has 2 saturated heterocycles. The van der Waals surface area contributed by atoms with Gasteiger partial charge >= 0.3 is 0 Å². The average Bonchev–Trinajstić information content (AvgIpc) is 3.90. The standard InChI is InChI=1S/C59H63N3O11/c1-63-58-56(68-37-46-27-15-6-16-28-46)54(66-35-44-23-11-4-12-24-44)53-51(72-58)41-71-59-57(70-39-49-32-62(61-60-49)31-47-29-17-18-30-48(47)38-69-53)55(67-36-45-25-13-5-14-26-45)52(65-34-43-21-9-3-10-22-43)50(73-59)40-64-33-42-19-7-2-8-20-42/h2-30,32,50-59H,31,33-41H2,1H3/t50-,51-,52-,53-,54+,55+,56-,57-,58+,59+/m1/s1. The zero-order valence-corrected chi connectivity index (χ0v) is 41.0. The topological polar surface area (TPSA) is 132 Å². The molecular formula is C59H63N3O11. The van der Waals surface area contributed by atoms with Crippen LogP contribution in [-0.4, -0.2) is 96.7 Å². The quantitative estimate of drug-likeness (QED) is 0.0862.